The van der Waals surface area contributed by atoms with Gasteiger partial charge in [-0.2, -0.15) is 4.98 Å². The fourth-order valence-corrected chi connectivity index (χ4v) is 2.25. The van der Waals surface area contributed by atoms with Gasteiger partial charge in [0.25, 0.3) is 0 Å². The topological polar surface area (TPSA) is 110 Å². The fourth-order valence-electron chi connectivity index (χ4n) is 2.25. The van der Waals surface area contributed by atoms with Gasteiger partial charge >= 0.3 is 5.69 Å². The molecular formula is C12H17N5O4. The van der Waals surface area contributed by atoms with Crippen LogP contribution in [-0.4, -0.2) is 55.6 Å². The number of rotatable bonds is 4. The van der Waals surface area contributed by atoms with Gasteiger partial charge in [0.05, 0.1) is 12.0 Å². The molecule has 1 aromatic rings. The first-order valence-corrected chi connectivity index (χ1v) is 6.47. The molecule has 0 saturated carbocycles. The zero-order chi connectivity index (χ0) is 15.4. The molecular weight excluding hydrogens is 278 g/mol. The van der Waals surface area contributed by atoms with Crippen molar-refractivity contribution in [3.63, 3.8) is 0 Å². The molecule has 114 valence electrons. The average Bonchev–Trinajstić information content (AvgIpc) is 2.53. The summed E-state index contributed by atoms with van der Waals surface area (Å²) < 4.78 is 5.03. The zero-order valence-corrected chi connectivity index (χ0v) is 11.8. The number of pyridine rings is 1. The predicted molar refractivity (Wildman–Crippen MR) is 75.5 cm³/mol. The van der Waals surface area contributed by atoms with Crippen LogP contribution in [0.15, 0.2) is 12.1 Å². The Bertz CT molecular complexity index is 550. The Morgan fingerprint density at radius 2 is 2.38 bits per heavy atom. The van der Waals surface area contributed by atoms with Crippen molar-refractivity contribution in [2.45, 2.75) is 6.04 Å². The highest BCUT2D eigenvalue weighted by Gasteiger charge is 2.33. The van der Waals surface area contributed by atoms with E-state index in [2.05, 4.69) is 15.6 Å². The number of anilines is 1. The molecule has 1 aromatic heterocycles. The number of hydrogen-bond donors (Lipinski definition) is 2. The lowest BCUT2D eigenvalue weighted by molar-refractivity contribution is -0.384. The molecule has 1 fully saturated rings. The lowest BCUT2D eigenvalue weighted by Gasteiger charge is -2.35. The fraction of sp³-hybridized carbons (Fsp3) is 0.500. The molecule has 0 aliphatic carbocycles. The minimum atomic E-state index is -0.554. The zero-order valence-electron chi connectivity index (χ0n) is 11.8. The van der Waals surface area contributed by atoms with E-state index in [1.165, 1.54) is 26.3 Å². The van der Waals surface area contributed by atoms with Crippen molar-refractivity contribution in [3.8, 4) is 5.88 Å². The number of nitro groups is 1. The highest BCUT2D eigenvalue weighted by atomic mass is 16.6. The minimum absolute atomic E-state index is 0.147. The second-order valence-corrected chi connectivity index (χ2v) is 4.48. The summed E-state index contributed by atoms with van der Waals surface area (Å²) >= 11 is 0. The van der Waals surface area contributed by atoms with Gasteiger partial charge in [-0.25, -0.2) is 0 Å². The van der Waals surface area contributed by atoms with E-state index in [4.69, 9.17) is 4.74 Å². The molecule has 1 atom stereocenters. The Balaban J connectivity index is 2.45. The van der Waals surface area contributed by atoms with Gasteiger partial charge in [-0.1, -0.05) is 0 Å². The Kier molecular flexibility index (Phi) is 4.53. The van der Waals surface area contributed by atoms with Gasteiger partial charge in [0.2, 0.25) is 17.6 Å². The molecule has 1 aliphatic heterocycles. The average molecular weight is 295 g/mol. The summed E-state index contributed by atoms with van der Waals surface area (Å²) in [5, 5.41) is 16.8. The van der Waals surface area contributed by atoms with Gasteiger partial charge in [-0.05, 0) is 0 Å². The third-order valence-corrected chi connectivity index (χ3v) is 3.30. The van der Waals surface area contributed by atoms with Gasteiger partial charge in [0.15, 0.2) is 0 Å². The van der Waals surface area contributed by atoms with Gasteiger partial charge in [-0.15, -0.1) is 0 Å². The van der Waals surface area contributed by atoms with E-state index >= 15 is 0 Å². The molecule has 0 radical (unpaired) electrons. The first-order valence-electron chi connectivity index (χ1n) is 6.47. The number of ether oxygens (including phenoxy) is 1. The number of likely N-dealkylation sites (N-methyl/N-ethyl adjacent to an activating group) is 1. The van der Waals surface area contributed by atoms with Crippen LogP contribution in [0.3, 0.4) is 0 Å². The second kappa shape index (κ2) is 6.35. The highest BCUT2D eigenvalue weighted by Crippen LogP contribution is 2.30. The third kappa shape index (κ3) is 3.02. The van der Waals surface area contributed by atoms with Gasteiger partial charge in [0.1, 0.15) is 6.04 Å². The summed E-state index contributed by atoms with van der Waals surface area (Å²) in [5.74, 6) is 0.195. The van der Waals surface area contributed by atoms with Crippen LogP contribution < -0.4 is 20.3 Å². The van der Waals surface area contributed by atoms with E-state index in [9.17, 15) is 14.9 Å². The van der Waals surface area contributed by atoms with Crippen LogP contribution in [0.4, 0.5) is 11.5 Å². The number of hydrogen-bond acceptors (Lipinski definition) is 7. The lowest BCUT2D eigenvalue weighted by atomic mass is 10.1. The van der Waals surface area contributed by atoms with Crippen molar-refractivity contribution in [1.29, 1.82) is 0 Å². The van der Waals surface area contributed by atoms with Crippen LogP contribution in [0.25, 0.3) is 0 Å². The lowest BCUT2D eigenvalue weighted by Crippen LogP contribution is -2.58. The third-order valence-electron chi connectivity index (χ3n) is 3.30. The number of amides is 1. The van der Waals surface area contributed by atoms with Gasteiger partial charge in [-0.3, -0.25) is 14.9 Å². The maximum absolute atomic E-state index is 12.0. The molecule has 21 heavy (non-hydrogen) atoms. The largest absolute Gasteiger partial charge is 0.481 e. The van der Waals surface area contributed by atoms with Crippen LogP contribution in [0.5, 0.6) is 5.88 Å². The van der Waals surface area contributed by atoms with E-state index < -0.39 is 11.0 Å². The molecule has 9 nitrogen and oxygen atoms in total. The van der Waals surface area contributed by atoms with E-state index in [1.54, 1.807) is 4.90 Å². The molecule has 0 bridgehead atoms. The van der Waals surface area contributed by atoms with Crippen molar-refractivity contribution in [2.75, 3.05) is 38.7 Å². The molecule has 1 saturated heterocycles. The minimum Gasteiger partial charge on any atom is -0.481 e. The maximum atomic E-state index is 12.0. The standard InChI is InChI=1S/C12H17N5O4/c1-13-12(18)9-7-14-5-6-16(9)11-8(17(19)20)3-4-10(15-11)21-2/h3-4,9,14H,5-7H2,1-2H3,(H,13,18). The van der Waals surface area contributed by atoms with Crippen LogP contribution >= 0.6 is 0 Å². The number of carbonyl (C=O) groups is 1. The van der Waals surface area contributed by atoms with Crippen molar-refractivity contribution in [3.05, 3.63) is 22.2 Å². The SMILES string of the molecule is CNC(=O)C1CNCCN1c1nc(OC)ccc1[N+](=O)[O-]. The summed E-state index contributed by atoms with van der Waals surface area (Å²) in [6.45, 7) is 1.46. The molecule has 2 heterocycles. The van der Waals surface area contributed by atoms with E-state index in [1.807, 2.05) is 0 Å². The summed E-state index contributed by atoms with van der Waals surface area (Å²) in [6.07, 6.45) is 0. The number of aromatic nitrogens is 1. The predicted octanol–water partition coefficient (Wildman–Crippen LogP) is -0.477. The Morgan fingerprint density at radius 1 is 1.62 bits per heavy atom. The van der Waals surface area contributed by atoms with Crippen LogP contribution in [0, 0.1) is 10.1 Å². The van der Waals surface area contributed by atoms with E-state index in [0.717, 1.165) is 0 Å². The van der Waals surface area contributed by atoms with Crippen molar-refractivity contribution in [1.82, 2.24) is 15.6 Å². The molecule has 2 N–H and O–H groups in total. The van der Waals surface area contributed by atoms with E-state index in [0.29, 0.717) is 19.6 Å². The number of nitrogens with one attached hydrogen (secondary N) is 2. The molecule has 0 aromatic carbocycles. The molecule has 0 spiro atoms. The van der Waals surface area contributed by atoms with Crippen LogP contribution in [-0.2, 0) is 4.79 Å². The number of nitrogens with zero attached hydrogens (tertiary/aromatic N) is 3. The summed E-state index contributed by atoms with van der Waals surface area (Å²) in [6, 6.07) is 2.21. The van der Waals surface area contributed by atoms with Crippen molar-refractivity contribution in [2.24, 2.45) is 0 Å². The number of methoxy groups -OCH3 is 1. The molecule has 1 amide bonds. The first-order chi connectivity index (χ1) is 10.1. The molecule has 1 unspecified atom stereocenters. The first kappa shape index (κ1) is 15.0. The number of piperazine rings is 1. The monoisotopic (exact) mass is 295 g/mol. The highest BCUT2D eigenvalue weighted by molar-refractivity contribution is 5.86. The van der Waals surface area contributed by atoms with Crippen LogP contribution in [0.2, 0.25) is 0 Å². The summed E-state index contributed by atoms with van der Waals surface area (Å²) in [4.78, 5) is 28.4. The Hall–Kier alpha value is -2.42. The molecule has 2 rings (SSSR count). The smallest absolute Gasteiger partial charge is 0.311 e. The summed E-state index contributed by atoms with van der Waals surface area (Å²) in [7, 11) is 2.97. The Labute approximate surface area is 121 Å². The number of carbonyl (C=O) groups excluding carboxylic acids is 1. The normalized spacial score (nSPS) is 18.2. The van der Waals surface area contributed by atoms with Crippen molar-refractivity contribution < 1.29 is 14.5 Å². The maximum Gasteiger partial charge on any atom is 0.311 e. The molecule has 1 aliphatic rings. The molecule has 9 heteroatoms. The van der Waals surface area contributed by atoms with Crippen LogP contribution in [0.1, 0.15) is 0 Å². The van der Waals surface area contributed by atoms with Gasteiger partial charge in [0, 0.05) is 38.8 Å². The summed E-state index contributed by atoms with van der Waals surface area (Å²) in [5.41, 5.74) is -0.147. The van der Waals surface area contributed by atoms with E-state index in [-0.39, 0.29) is 23.3 Å². The quantitative estimate of drug-likeness (QED) is 0.570. The second-order valence-electron chi connectivity index (χ2n) is 4.48. The van der Waals surface area contributed by atoms with Gasteiger partial charge < -0.3 is 20.3 Å². The van der Waals surface area contributed by atoms with Crippen molar-refractivity contribution >= 4 is 17.4 Å². The Morgan fingerprint density at radius 3 is 3.00 bits per heavy atom.